The Bertz CT molecular complexity index is 357. The highest BCUT2D eigenvalue weighted by Gasteiger charge is 2.17. The Labute approximate surface area is 96.9 Å². The first kappa shape index (κ1) is 10.9. The molecule has 0 fully saturated rings. The van der Waals surface area contributed by atoms with Gasteiger partial charge >= 0.3 is 0 Å². The maximum absolute atomic E-state index is 10.6. The Morgan fingerprint density at radius 3 is 2.69 bits per heavy atom. The average Bonchev–Trinajstić information content (AvgIpc) is 2.01. The molecule has 0 spiro atoms. The fraction of sp³-hybridized carbons (Fsp3) is 0.143. The van der Waals surface area contributed by atoms with Gasteiger partial charge in [-0.2, -0.15) is 0 Å². The molecular weight excluding hydrogens is 351 g/mol. The molecule has 0 aliphatic rings. The van der Waals surface area contributed by atoms with E-state index in [0.29, 0.717) is 10.0 Å². The molecule has 13 heavy (non-hydrogen) atoms. The first-order valence-corrected chi connectivity index (χ1v) is 5.25. The molecule has 0 heterocycles. The van der Waals surface area contributed by atoms with Crippen LogP contribution in [0.1, 0.15) is 5.56 Å². The molecule has 70 valence electrons. The van der Waals surface area contributed by atoms with E-state index in [0.717, 1.165) is 3.57 Å². The van der Waals surface area contributed by atoms with Crippen LogP contribution in [-0.4, -0.2) is 4.92 Å². The quantitative estimate of drug-likeness (QED) is 0.502. The van der Waals surface area contributed by atoms with Crippen LogP contribution in [0.4, 0.5) is 5.69 Å². The van der Waals surface area contributed by atoms with E-state index in [-0.39, 0.29) is 12.2 Å². The van der Waals surface area contributed by atoms with Gasteiger partial charge in [0.1, 0.15) is 0 Å². The maximum Gasteiger partial charge on any atom is 0.288 e. The lowest BCUT2D eigenvalue weighted by atomic mass is 10.2. The van der Waals surface area contributed by atoms with E-state index in [4.69, 9.17) is 5.73 Å². The highest BCUT2D eigenvalue weighted by Crippen LogP contribution is 2.30. The van der Waals surface area contributed by atoms with Gasteiger partial charge in [-0.05, 0) is 50.7 Å². The van der Waals surface area contributed by atoms with Gasteiger partial charge in [0.25, 0.3) is 5.69 Å². The van der Waals surface area contributed by atoms with Crippen LogP contribution >= 0.6 is 38.5 Å². The highest BCUT2D eigenvalue weighted by atomic mass is 127. The van der Waals surface area contributed by atoms with Crippen LogP contribution in [0.5, 0.6) is 0 Å². The molecule has 1 aromatic carbocycles. The number of halogens is 2. The van der Waals surface area contributed by atoms with Gasteiger partial charge in [0, 0.05) is 15.7 Å². The SMILES string of the molecule is NCc1cc(I)cc(Br)c1[N+](=O)[O-]. The molecule has 0 saturated carbocycles. The predicted molar refractivity (Wildman–Crippen MR) is 61.4 cm³/mol. The molecule has 0 saturated heterocycles. The van der Waals surface area contributed by atoms with Crippen molar-refractivity contribution in [1.29, 1.82) is 0 Å². The Balaban J connectivity index is 3.38. The van der Waals surface area contributed by atoms with Crippen molar-refractivity contribution < 1.29 is 4.92 Å². The van der Waals surface area contributed by atoms with Gasteiger partial charge in [0.15, 0.2) is 0 Å². The minimum atomic E-state index is -0.428. The van der Waals surface area contributed by atoms with Crippen molar-refractivity contribution in [2.45, 2.75) is 6.54 Å². The molecule has 0 amide bonds. The summed E-state index contributed by atoms with van der Waals surface area (Å²) in [6, 6.07) is 3.40. The highest BCUT2D eigenvalue weighted by molar-refractivity contribution is 14.1. The summed E-state index contributed by atoms with van der Waals surface area (Å²) in [4.78, 5) is 10.2. The monoisotopic (exact) mass is 356 g/mol. The van der Waals surface area contributed by atoms with Crippen LogP contribution in [0, 0.1) is 13.7 Å². The average molecular weight is 357 g/mol. The van der Waals surface area contributed by atoms with Gasteiger partial charge in [0.2, 0.25) is 0 Å². The van der Waals surface area contributed by atoms with Crippen molar-refractivity contribution in [2.75, 3.05) is 0 Å². The third-order valence-corrected chi connectivity index (χ3v) is 2.74. The molecule has 6 heteroatoms. The van der Waals surface area contributed by atoms with Gasteiger partial charge < -0.3 is 5.73 Å². The largest absolute Gasteiger partial charge is 0.326 e. The smallest absolute Gasteiger partial charge is 0.288 e. The lowest BCUT2D eigenvalue weighted by Gasteiger charge is -2.02. The number of benzene rings is 1. The van der Waals surface area contributed by atoms with Crippen LogP contribution in [0.25, 0.3) is 0 Å². The summed E-state index contributed by atoms with van der Waals surface area (Å²) in [6.07, 6.45) is 0. The minimum Gasteiger partial charge on any atom is -0.326 e. The van der Waals surface area contributed by atoms with Crippen molar-refractivity contribution in [3.05, 3.63) is 35.9 Å². The second-order valence-electron chi connectivity index (χ2n) is 2.36. The fourth-order valence-corrected chi connectivity index (χ4v) is 2.74. The van der Waals surface area contributed by atoms with Crippen LogP contribution in [0.15, 0.2) is 16.6 Å². The molecule has 0 aliphatic carbocycles. The predicted octanol–water partition coefficient (Wildman–Crippen LogP) is 2.42. The zero-order valence-corrected chi connectivity index (χ0v) is 10.2. The standard InChI is InChI=1S/C7H6BrIN2O2/c8-6-2-5(9)1-4(3-10)7(6)11(12)13/h1-2H,3,10H2. The second-order valence-corrected chi connectivity index (χ2v) is 4.46. The molecule has 0 radical (unpaired) electrons. The summed E-state index contributed by atoms with van der Waals surface area (Å²) in [5.41, 5.74) is 6.00. The molecular formula is C7H6BrIN2O2. The summed E-state index contributed by atoms with van der Waals surface area (Å²) < 4.78 is 1.40. The van der Waals surface area contributed by atoms with Gasteiger partial charge in [-0.25, -0.2) is 0 Å². The van der Waals surface area contributed by atoms with E-state index in [1.54, 1.807) is 12.1 Å². The van der Waals surface area contributed by atoms with Crippen LogP contribution in [0.2, 0.25) is 0 Å². The lowest BCUT2D eigenvalue weighted by Crippen LogP contribution is -2.03. The van der Waals surface area contributed by atoms with Gasteiger partial charge in [0.05, 0.1) is 9.40 Å². The van der Waals surface area contributed by atoms with Crippen molar-refractivity contribution in [2.24, 2.45) is 5.73 Å². The van der Waals surface area contributed by atoms with Crippen LogP contribution in [0.3, 0.4) is 0 Å². The summed E-state index contributed by atoms with van der Waals surface area (Å²) in [7, 11) is 0. The van der Waals surface area contributed by atoms with Crippen molar-refractivity contribution in [3.8, 4) is 0 Å². The summed E-state index contributed by atoms with van der Waals surface area (Å²) in [5, 5.41) is 10.6. The number of nitrogens with two attached hydrogens (primary N) is 1. The van der Waals surface area contributed by atoms with Crippen molar-refractivity contribution in [1.82, 2.24) is 0 Å². The Morgan fingerprint density at radius 2 is 2.23 bits per heavy atom. The molecule has 0 aliphatic heterocycles. The fourth-order valence-electron chi connectivity index (χ4n) is 0.979. The summed E-state index contributed by atoms with van der Waals surface area (Å²) >= 11 is 5.22. The molecule has 2 N–H and O–H groups in total. The van der Waals surface area contributed by atoms with Crippen LogP contribution in [-0.2, 0) is 6.54 Å². The molecule has 1 aromatic rings. The van der Waals surface area contributed by atoms with Gasteiger partial charge in [-0.3, -0.25) is 10.1 Å². The number of nitro groups is 1. The number of nitro benzene ring substituents is 1. The number of rotatable bonds is 2. The molecule has 0 unspecified atom stereocenters. The number of hydrogen-bond acceptors (Lipinski definition) is 3. The maximum atomic E-state index is 10.6. The normalized spacial score (nSPS) is 10.1. The Morgan fingerprint density at radius 1 is 1.62 bits per heavy atom. The zero-order valence-electron chi connectivity index (χ0n) is 6.46. The van der Waals surface area contributed by atoms with Gasteiger partial charge in [-0.1, -0.05) is 0 Å². The van der Waals surface area contributed by atoms with Crippen molar-refractivity contribution in [3.63, 3.8) is 0 Å². The molecule has 1 rings (SSSR count). The van der Waals surface area contributed by atoms with E-state index in [2.05, 4.69) is 38.5 Å². The Hall–Kier alpha value is -0.210. The molecule has 0 aromatic heterocycles. The Kier molecular flexibility index (Phi) is 3.63. The van der Waals surface area contributed by atoms with E-state index >= 15 is 0 Å². The van der Waals surface area contributed by atoms with Crippen LogP contribution < -0.4 is 5.73 Å². The summed E-state index contributed by atoms with van der Waals surface area (Å²) in [5.74, 6) is 0. The van der Waals surface area contributed by atoms with Gasteiger partial charge in [-0.15, -0.1) is 0 Å². The molecule has 0 atom stereocenters. The first-order valence-electron chi connectivity index (χ1n) is 3.38. The van der Waals surface area contributed by atoms with E-state index in [1.165, 1.54) is 0 Å². The topological polar surface area (TPSA) is 69.2 Å². The first-order chi connectivity index (χ1) is 6.06. The minimum absolute atomic E-state index is 0.0583. The number of nitrogens with zero attached hydrogens (tertiary/aromatic N) is 1. The third-order valence-electron chi connectivity index (χ3n) is 1.51. The number of hydrogen-bond donors (Lipinski definition) is 1. The van der Waals surface area contributed by atoms with Crippen molar-refractivity contribution >= 4 is 44.2 Å². The molecule has 4 nitrogen and oxygen atoms in total. The van der Waals surface area contributed by atoms with E-state index < -0.39 is 4.92 Å². The zero-order chi connectivity index (χ0) is 10.0. The van der Waals surface area contributed by atoms with E-state index in [1.807, 2.05) is 0 Å². The molecule has 0 bridgehead atoms. The summed E-state index contributed by atoms with van der Waals surface area (Å²) in [6.45, 7) is 0.172. The van der Waals surface area contributed by atoms with E-state index in [9.17, 15) is 10.1 Å². The third kappa shape index (κ3) is 2.38. The lowest BCUT2D eigenvalue weighted by molar-refractivity contribution is -0.386. The second kappa shape index (κ2) is 4.34.